The van der Waals surface area contributed by atoms with E-state index in [1.807, 2.05) is 18.2 Å². The van der Waals surface area contributed by atoms with Gasteiger partial charge in [-0.3, -0.25) is 9.00 Å². The second-order valence-corrected chi connectivity index (χ2v) is 6.28. The molecule has 1 amide bonds. The molecular formula is C15H19NO2S. The van der Waals surface area contributed by atoms with Crippen LogP contribution in [0.5, 0.6) is 0 Å². The third-order valence-corrected chi connectivity index (χ3v) is 4.51. The Bertz CT molecular complexity index is 523. The summed E-state index contributed by atoms with van der Waals surface area (Å²) in [6, 6.07) is 8.02. The highest BCUT2D eigenvalue weighted by Crippen LogP contribution is 2.29. The van der Waals surface area contributed by atoms with Crippen molar-refractivity contribution in [1.29, 1.82) is 0 Å². The van der Waals surface area contributed by atoms with Gasteiger partial charge in [-0.2, -0.15) is 0 Å². The van der Waals surface area contributed by atoms with Crippen molar-refractivity contribution < 1.29 is 9.00 Å². The number of primary amides is 1. The van der Waals surface area contributed by atoms with Crippen molar-refractivity contribution in [2.45, 2.75) is 31.4 Å². The number of carbonyl (C=O) groups is 1. The van der Waals surface area contributed by atoms with Gasteiger partial charge in [0.25, 0.3) is 0 Å². The Balaban J connectivity index is 2.18. The molecule has 2 N–H and O–H groups in total. The Morgan fingerprint density at radius 3 is 2.74 bits per heavy atom. The molecule has 19 heavy (non-hydrogen) atoms. The Morgan fingerprint density at radius 1 is 1.26 bits per heavy atom. The van der Waals surface area contributed by atoms with Gasteiger partial charge in [-0.15, -0.1) is 0 Å². The molecule has 0 heterocycles. The lowest BCUT2D eigenvalue weighted by Gasteiger charge is -2.16. The van der Waals surface area contributed by atoms with Gasteiger partial charge in [0, 0.05) is 16.6 Å². The van der Waals surface area contributed by atoms with E-state index in [0.29, 0.717) is 5.75 Å². The largest absolute Gasteiger partial charge is 0.369 e. The average molecular weight is 277 g/mol. The van der Waals surface area contributed by atoms with E-state index in [1.54, 1.807) is 0 Å². The van der Waals surface area contributed by atoms with E-state index >= 15 is 0 Å². The van der Waals surface area contributed by atoms with Crippen molar-refractivity contribution in [2.24, 2.45) is 5.73 Å². The minimum atomic E-state index is -1.22. The maximum absolute atomic E-state index is 11.8. The summed E-state index contributed by atoms with van der Waals surface area (Å²) in [5, 5.41) is 0. The summed E-state index contributed by atoms with van der Waals surface area (Å²) in [5.74, 6) is -0.170. The fourth-order valence-corrected chi connectivity index (χ4v) is 3.44. The van der Waals surface area contributed by atoms with Gasteiger partial charge in [0.2, 0.25) is 5.91 Å². The smallest absolute Gasteiger partial charge is 0.230 e. The van der Waals surface area contributed by atoms with Crippen LogP contribution in [0, 0.1) is 0 Å². The first kappa shape index (κ1) is 14.0. The van der Waals surface area contributed by atoms with Crippen LogP contribution in [0.2, 0.25) is 0 Å². The molecule has 0 aromatic heterocycles. The lowest BCUT2D eigenvalue weighted by molar-refractivity contribution is -0.115. The molecular weight excluding hydrogens is 258 g/mol. The van der Waals surface area contributed by atoms with Gasteiger partial charge in [0.1, 0.15) is 5.75 Å². The number of allylic oxidation sites excluding steroid dienone is 2. The molecule has 3 nitrogen and oxygen atoms in total. The number of hydrogen-bond donors (Lipinski definition) is 1. The minimum Gasteiger partial charge on any atom is -0.369 e. The third kappa shape index (κ3) is 4.03. The lowest BCUT2D eigenvalue weighted by atomic mass is 9.91. The summed E-state index contributed by atoms with van der Waals surface area (Å²) in [7, 11) is -1.22. The molecule has 0 fully saturated rings. The van der Waals surface area contributed by atoms with Gasteiger partial charge in [0.15, 0.2) is 0 Å². The van der Waals surface area contributed by atoms with Crippen LogP contribution >= 0.6 is 0 Å². The van der Waals surface area contributed by atoms with Crippen LogP contribution in [0.1, 0.15) is 36.8 Å². The number of benzene rings is 1. The normalized spacial score (nSPS) is 16.7. The van der Waals surface area contributed by atoms with E-state index in [0.717, 1.165) is 18.4 Å². The van der Waals surface area contributed by atoms with Crippen molar-refractivity contribution in [2.75, 3.05) is 5.75 Å². The maximum atomic E-state index is 11.8. The van der Waals surface area contributed by atoms with Gasteiger partial charge in [0.05, 0.1) is 0 Å². The van der Waals surface area contributed by atoms with Crippen LogP contribution in [0.15, 0.2) is 30.3 Å². The van der Waals surface area contributed by atoms with Crippen molar-refractivity contribution in [3.8, 4) is 0 Å². The number of hydrogen-bond acceptors (Lipinski definition) is 2. The minimum absolute atomic E-state index is 0.0621. The first-order chi connectivity index (χ1) is 9.16. The molecule has 0 bridgehead atoms. The molecule has 0 unspecified atom stereocenters. The number of amides is 1. The first-order valence-electron chi connectivity index (χ1n) is 6.57. The quantitative estimate of drug-likeness (QED) is 0.898. The summed E-state index contributed by atoms with van der Waals surface area (Å²) in [4.78, 5) is 10.8. The Labute approximate surface area is 116 Å². The van der Waals surface area contributed by atoms with E-state index < -0.39 is 16.7 Å². The van der Waals surface area contributed by atoms with Crippen LogP contribution in [0.4, 0.5) is 0 Å². The highest BCUT2D eigenvalue weighted by molar-refractivity contribution is 7.84. The highest BCUT2D eigenvalue weighted by atomic mass is 32.2. The van der Waals surface area contributed by atoms with E-state index in [-0.39, 0.29) is 5.75 Å². The van der Waals surface area contributed by atoms with Gasteiger partial charge in [-0.1, -0.05) is 30.3 Å². The van der Waals surface area contributed by atoms with Crippen LogP contribution in [-0.2, 0) is 21.3 Å². The second kappa shape index (κ2) is 6.66. The van der Waals surface area contributed by atoms with Crippen LogP contribution in [0.25, 0.3) is 5.57 Å². The standard InChI is InChI=1S/C15H19NO2S/c16-15(17)11-19(18)10-13-8-4-5-9-14(13)12-6-2-1-3-7-12/h4-6,8-9H,1-3,7,10-11H2,(H2,16,17)/t19-/m1/s1. The molecule has 1 aliphatic rings. The molecule has 0 spiro atoms. The second-order valence-electron chi connectivity index (χ2n) is 4.83. The van der Waals surface area contributed by atoms with Crippen LogP contribution in [-0.4, -0.2) is 15.9 Å². The molecule has 2 rings (SSSR count). The van der Waals surface area contributed by atoms with Crippen LogP contribution < -0.4 is 5.73 Å². The number of carbonyl (C=O) groups excluding carboxylic acids is 1. The molecule has 1 aromatic rings. The molecule has 102 valence electrons. The topological polar surface area (TPSA) is 60.2 Å². The van der Waals surface area contributed by atoms with Gasteiger partial charge >= 0.3 is 0 Å². The van der Waals surface area contributed by atoms with E-state index in [4.69, 9.17) is 5.73 Å². The molecule has 4 heteroatoms. The monoisotopic (exact) mass is 277 g/mol. The summed E-state index contributed by atoms with van der Waals surface area (Å²) < 4.78 is 11.8. The fraction of sp³-hybridized carbons (Fsp3) is 0.400. The SMILES string of the molecule is NC(=O)C[S@](=O)Cc1ccccc1C1=CCCCC1. The highest BCUT2D eigenvalue weighted by Gasteiger charge is 2.13. The summed E-state index contributed by atoms with van der Waals surface area (Å²) in [6.07, 6.45) is 6.94. The molecule has 0 saturated heterocycles. The lowest BCUT2D eigenvalue weighted by Crippen LogP contribution is -2.20. The molecule has 0 radical (unpaired) electrons. The zero-order chi connectivity index (χ0) is 13.7. The van der Waals surface area contributed by atoms with Crippen molar-refractivity contribution in [1.82, 2.24) is 0 Å². The predicted octanol–water partition coefficient (Wildman–Crippen LogP) is 2.38. The summed E-state index contributed by atoms with van der Waals surface area (Å²) in [5.41, 5.74) is 8.66. The van der Waals surface area contributed by atoms with E-state index in [2.05, 4.69) is 12.1 Å². The van der Waals surface area contributed by atoms with Gasteiger partial charge in [-0.05, 0) is 42.4 Å². The summed E-state index contributed by atoms with van der Waals surface area (Å²) >= 11 is 0. The number of rotatable bonds is 5. The Kier molecular flexibility index (Phi) is 4.91. The van der Waals surface area contributed by atoms with E-state index in [1.165, 1.54) is 24.0 Å². The molecule has 0 aliphatic heterocycles. The van der Waals surface area contributed by atoms with Crippen LogP contribution in [0.3, 0.4) is 0 Å². The van der Waals surface area contributed by atoms with Crippen molar-refractivity contribution >= 4 is 22.3 Å². The molecule has 1 aromatic carbocycles. The first-order valence-corrected chi connectivity index (χ1v) is 8.06. The zero-order valence-electron chi connectivity index (χ0n) is 10.9. The molecule has 1 aliphatic carbocycles. The van der Waals surface area contributed by atoms with Crippen molar-refractivity contribution in [3.63, 3.8) is 0 Å². The fourth-order valence-electron chi connectivity index (χ4n) is 2.43. The Morgan fingerprint density at radius 2 is 2.05 bits per heavy atom. The Hall–Kier alpha value is -1.42. The third-order valence-electron chi connectivity index (χ3n) is 3.27. The summed E-state index contributed by atoms with van der Waals surface area (Å²) in [6.45, 7) is 0. The zero-order valence-corrected chi connectivity index (χ0v) is 11.7. The number of nitrogens with two attached hydrogens (primary N) is 1. The molecule has 1 atom stereocenters. The average Bonchev–Trinajstić information content (AvgIpc) is 2.39. The maximum Gasteiger partial charge on any atom is 0.230 e. The van der Waals surface area contributed by atoms with Gasteiger partial charge in [-0.25, -0.2) is 0 Å². The van der Waals surface area contributed by atoms with Crippen molar-refractivity contribution in [3.05, 3.63) is 41.5 Å². The predicted molar refractivity (Wildman–Crippen MR) is 78.8 cm³/mol. The van der Waals surface area contributed by atoms with E-state index in [9.17, 15) is 9.00 Å². The van der Waals surface area contributed by atoms with Gasteiger partial charge < -0.3 is 5.73 Å². The molecule has 0 saturated carbocycles.